The zero-order chi connectivity index (χ0) is 22.4. The largest absolute Gasteiger partial charge is 0.394 e. The van der Waals surface area contributed by atoms with Gasteiger partial charge in [-0.15, -0.1) is 0 Å². The SMILES string of the molecule is OCCn1cc(-c2ccc(N3CCC([C@H]4c5c(F)cccc5-c5cncn54)CC3)cc2)cn1. The van der Waals surface area contributed by atoms with Gasteiger partial charge in [0, 0.05) is 41.7 Å². The quantitative estimate of drug-likeness (QED) is 0.498. The number of nitrogens with zero attached hydrogens (tertiary/aromatic N) is 5. The number of piperidine rings is 1. The van der Waals surface area contributed by atoms with Crippen molar-refractivity contribution in [3.05, 3.63) is 78.8 Å². The molecule has 2 aromatic heterocycles. The van der Waals surface area contributed by atoms with Crippen molar-refractivity contribution in [2.75, 3.05) is 24.6 Å². The smallest absolute Gasteiger partial charge is 0.129 e. The van der Waals surface area contributed by atoms with E-state index >= 15 is 0 Å². The van der Waals surface area contributed by atoms with Gasteiger partial charge in [0.25, 0.3) is 0 Å². The fraction of sp³-hybridized carbons (Fsp3) is 0.308. The number of benzene rings is 2. The van der Waals surface area contributed by atoms with Crippen molar-refractivity contribution in [1.29, 1.82) is 0 Å². The van der Waals surface area contributed by atoms with Crippen LogP contribution < -0.4 is 4.90 Å². The number of anilines is 1. The third kappa shape index (κ3) is 3.43. The predicted molar refractivity (Wildman–Crippen MR) is 125 cm³/mol. The summed E-state index contributed by atoms with van der Waals surface area (Å²) in [7, 11) is 0. The normalized spacial score (nSPS) is 17.9. The molecule has 0 spiro atoms. The summed E-state index contributed by atoms with van der Waals surface area (Å²) in [6.45, 7) is 2.48. The number of aliphatic hydroxyl groups excluding tert-OH is 1. The molecule has 7 heteroatoms. The van der Waals surface area contributed by atoms with Gasteiger partial charge in [0.15, 0.2) is 0 Å². The highest BCUT2D eigenvalue weighted by atomic mass is 19.1. The molecule has 0 bridgehead atoms. The van der Waals surface area contributed by atoms with E-state index < -0.39 is 0 Å². The molecule has 1 fully saturated rings. The van der Waals surface area contributed by atoms with Crippen LogP contribution in [0.5, 0.6) is 0 Å². The lowest BCUT2D eigenvalue weighted by molar-refractivity contribution is 0.269. The number of imidazole rings is 1. The average molecular weight is 444 g/mol. The van der Waals surface area contributed by atoms with Gasteiger partial charge >= 0.3 is 0 Å². The fourth-order valence-electron chi connectivity index (χ4n) is 5.47. The van der Waals surface area contributed by atoms with Crippen LogP contribution in [0.4, 0.5) is 10.1 Å². The molecule has 2 aromatic carbocycles. The van der Waals surface area contributed by atoms with Gasteiger partial charge in [-0.05, 0) is 42.5 Å². The molecular formula is C26H26FN5O. The average Bonchev–Trinajstić information content (AvgIpc) is 3.57. The van der Waals surface area contributed by atoms with Crippen LogP contribution in [0, 0.1) is 11.7 Å². The second-order valence-corrected chi connectivity index (χ2v) is 8.92. The summed E-state index contributed by atoms with van der Waals surface area (Å²) >= 11 is 0. The van der Waals surface area contributed by atoms with Crippen LogP contribution in [0.1, 0.15) is 24.4 Å². The number of rotatable bonds is 5. The van der Waals surface area contributed by atoms with E-state index in [0.29, 0.717) is 12.5 Å². The first-order valence-electron chi connectivity index (χ1n) is 11.5. The summed E-state index contributed by atoms with van der Waals surface area (Å²) in [6, 6.07) is 14.0. The zero-order valence-corrected chi connectivity index (χ0v) is 18.3. The zero-order valence-electron chi connectivity index (χ0n) is 18.3. The number of fused-ring (bicyclic) bond motifs is 3. The molecule has 6 rings (SSSR count). The lowest BCUT2D eigenvalue weighted by Gasteiger charge is -2.37. The molecule has 6 nitrogen and oxygen atoms in total. The minimum atomic E-state index is -0.110. The minimum Gasteiger partial charge on any atom is -0.394 e. The highest BCUT2D eigenvalue weighted by Crippen LogP contribution is 2.46. The molecule has 4 aromatic rings. The van der Waals surface area contributed by atoms with E-state index in [9.17, 15) is 4.39 Å². The summed E-state index contributed by atoms with van der Waals surface area (Å²) in [5.74, 6) is 0.269. The molecule has 33 heavy (non-hydrogen) atoms. The molecule has 0 aliphatic carbocycles. The van der Waals surface area contributed by atoms with Gasteiger partial charge in [0.1, 0.15) is 5.82 Å². The van der Waals surface area contributed by atoms with Crippen LogP contribution in [0.3, 0.4) is 0 Å². The van der Waals surface area contributed by atoms with Crippen LogP contribution in [0.2, 0.25) is 0 Å². The summed E-state index contributed by atoms with van der Waals surface area (Å²) in [4.78, 5) is 6.75. The first kappa shape index (κ1) is 20.2. The summed E-state index contributed by atoms with van der Waals surface area (Å²) in [6.07, 6.45) is 9.51. The van der Waals surface area contributed by atoms with E-state index in [2.05, 4.69) is 43.8 Å². The van der Waals surface area contributed by atoms with E-state index in [1.54, 1.807) is 16.8 Å². The van der Waals surface area contributed by atoms with Crippen LogP contribution in [0.25, 0.3) is 22.4 Å². The lowest BCUT2D eigenvalue weighted by atomic mass is 9.85. The molecule has 0 saturated carbocycles. The van der Waals surface area contributed by atoms with Gasteiger partial charge in [-0.25, -0.2) is 9.37 Å². The molecule has 1 atom stereocenters. The van der Waals surface area contributed by atoms with E-state index in [0.717, 1.165) is 53.9 Å². The number of halogens is 1. The lowest BCUT2D eigenvalue weighted by Crippen LogP contribution is -2.36. The van der Waals surface area contributed by atoms with Gasteiger partial charge in [-0.1, -0.05) is 24.3 Å². The Labute approximate surface area is 191 Å². The molecule has 0 radical (unpaired) electrons. The Morgan fingerprint density at radius 3 is 2.61 bits per heavy atom. The molecule has 2 aliphatic rings. The maximum absolute atomic E-state index is 14.8. The first-order chi connectivity index (χ1) is 16.2. The van der Waals surface area contributed by atoms with E-state index in [1.807, 2.05) is 31.0 Å². The predicted octanol–water partition coefficient (Wildman–Crippen LogP) is 4.36. The molecule has 4 heterocycles. The summed E-state index contributed by atoms with van der Waals surface area (Å²) < 4.78 is 18.8. The van der Waals surface area contributed by atoms with Crippen LogP contribution in [0.15, 0.2) is 67.4 Å². The monoisotopic (exact) mass is 443 g/mol. The molecule has 168 valence electrons. The van der Waals surface area contributed by atoms with Crippen molar-refractivity contribution < 1.29 is 9.50 Å². The minimum absolute atomic E-state index is 0.0266. The maximum Gasteiger partial charge on any atom is 0.129 e. The van der Waals surface area contributed by atoms with Crippen molar-refractivity contribution >= 4 is 5.69 Å². The Kier molecular flexibility index (Phi) is 4.99. The Morgan fingerprint density at radius 2 is 1.82 bits per heavy atom. The molecule has 2 aliphatic heterocycles. The Hall–Kier alpha value is -3.45. The number of hydrogen-bond donors (Lipinski definition) is 1. The molecule has 1 N–H and O–H groups in total. The third-order valence-corrected chi connectivity index (χ3v) is 7.10. The number of aromatic nitrogens is 4. The summed E-state index contributed by atoms with van der Waals surface area (Å²) in [5.41, 5.74) is 6.21. The molecule has 0 amide bonds. The van der Waals surface area contributed by atoms with Crippen molar-refractivity contribution in [3.8, 4) is 22.4 Å². The second kappa shape index (κ2) is 8.15. The third-order valence-electron chi connectivity index (χ3n) is 7.10. The van der Waals surface area contributed by atoms with Crippen molar-refractivity contribution in [3.63, 3.8) is 0 Å². The summed E-state index contributed by atoms with van der Waals surface area (Å²) in [5, 5.41) is 13.4. The van der Waals surface area contributed by atoms with Crippen LogP contribution in [-0.2, 0) is 6.54 Å². The van der Waals surface area contributed by atoms with Gasteiger partial charge in [-0.3, -0.25) is 4.68 Å². The standard InChI is InChI=1S/C26H26FN5O/c27-23-3-1-2-22-24-15-28-17-32(24)26(25(22)23)19-8-10-30(11-9-19)21-6-4-18(5-7-21)20-14-29-31(16-20)12-13-33/h1-7,14-17,19,26,33H,8-13H2/t26-/m0/s1. The van der Waals surface area contributed by atoms with Gasteiger partial charge in [0.2, 0.25) is 0 Å². The van der Waals surface area contributed by atoms with Crippen LogP contribution in [-0.4, -0.2) is 44.1 Å². The highest BCUT2D eigenvalue weighted by molar-refractivity contribution is 5.69. The Balaban J connectivity index is 1.17. The van der Waals surface area contributed by atoms with Gasteiger partial charge in [0.05, 0.1) is 43.6 Å². The first-order valence-corrected chi connectivity index (χ1v) is 11.5. The number of hydrogen-bond acceptors (Lipinski definition) is 4. The number of aliphatic hydroxyl groups is 1. The Bertz CT molecular complexity index is 1270. The van der Waals surface area contributed by atoms with E-state index in [-0.39, 0.29) is 18.5 Å². The Morgan fingerprint density at radius 1 is 1.00 bits per heavy atom. The maximum atomic E-state index is 14.8. The molecular weight excluding hydrogens is 417 g/mol. The topological polar surface area (TPSA) is 59.1 Å². The van der Waals surface area contributed by atoms with Crippen molar-refractivity contribution in [1.82, 2.24) is 19.3 Å². The molecule has 0 unspecified atom stereocenters. The van der Waals surface area contributed by atoms with Crippen LogP contribution >= 0.6 is 0 Å². The van der Waals surface area contributed by atoms with Gasteiger partial charge < -0.3 is 14.6 Å². The van der Waals surface area contributed by atoms with E-state index in [1.165, 1.54) is 5.69 Å². The highest BCUT2D eigenvalue weighted by Gasteiger charge is 2.37. The van der Waals surface area contributed by atoms with Gasteiger partial charge in [-0.2, -0.15) is 5.10 Å². The van der Waals surface area contributed by atoms with Crippen molar-refractivity contribution in [2.45, 2.75) is 25.4 Å². The molecule has 1 saturated heterocycles. The van der Waals surface area contributed by atoms with E-state index in [4.69, 9.17) is 5.11 Å². The van der Waals surface area contributed by atoms with Crippen molar-refractivity contribution in [2.24, 2.45) is 5.92 Å². The fourth-order valence-corrected chi connectivity index (χ4v) is 5.47. The second-order valence-electron chi connectivity index (χ2n) is 8.92.